The van der Waals surface area contributed by atoms with Crippen molar-refractivity contribution < 1.29 is 14.3 Å². The lowest BCUT2D eigenvalue weighted by Crippen LogP contribution is -2.43. The van der Waals surface area contributed by atoms with Gasteiger partial charge in [-0.3, -0.25) is 9.69 Å². The van der Waals surface area contributed by atoms with Crippen molar-refractivity contribution in [3.05, 3.63) is 64.7 Å². The molecule has 3 rings (SSSR count). The molecule has 25 heavy (non-hydrogen) atoms. The van der Waals surface area contributed by atoms with E-state index < -0.39 is 11.6 Å². The number of imide groups is 1. The maximum absolute atomic E-state index is 13.1. The third kappa shape index (κ3) is 3.07. The third-order valence-electron chi connectivity index (χ3n) is 4.52. The van der Waals surface area contributed by atoms with E-state index in [0.717, 1.165) is 11.1 Å². The van der Waals surface area contributed by atoms with Crippen LogP contribution in [0.2, 0.25) is 5.02 Å². The van der Waals surface area contributed by atoms with Crippen molar-refractivity contribution in [3.63, 3.8) is 0 Å². The van der Waals surface area contributed by atoms with Crippen molar-refractivity contribution in [1.82, 2.24) is 10.2 Å². The minimum atomic E-state index is -1.05. The molecule has 0 spiro atoms. The highest BCUT2D eigenvalue weighted by atomic mass is 35.5. The Morgan fingerprint density at radius 2 is 1.88 bits per heavy atom. The molecule has 1 aliphatic rings. The van der Waals surface area contributed by atoms with Gasteiger partial charge in [-0.25, -0.2) is 4.79 Å². The lowest BCUT2D eigenvalue weighted by Gasteiger charge is -2.26. The number of halogens is 1. The van der Waals surface area contributed by atoms with Gasteiger partial charge in [0.2, 0.25) is 0 Å². The van der Waals surface area contributed by atoms with Gasteiger partial charge in [0.05, 0.1) is 13.7 Å². The number of carbonyl (C=O) groups excluding carboxylic acids is 2. The average molecular weight is 359 g/mol. The van der Waals surface area contributed by atoms with Crippen LogP contribution in [0.5, 0.6) is 5.75 Å². The number of benzene rings is 2. The summed E-state index contributed by atoms with van der Waals surface area (Å²) in [5, 5.41) is 3.44. The molecule has 1 saturated heterocycles. The third-order valence-corrected chi connectivity index (χ3v) is 4.75. The molecule has 0 unspecified atom stereocenters. The maximum Gasteiger partial charge on any atom is 0.325 e. The van der Waals surface area contributed by atoms with E-state index in [0.29, 0.717) is 17.2 Å². The number of nitrogens with zero attached hydrogens (tertiary/aromatic N) is 1. The molecule has 0 radical (unpaired) electrons. The van der Waals surface area contributed by atoms with Gasteiger partial charge in [0, 0.05) is 5.02 Å². The SMILES string of the molecule is CC[C@@]1(c2ccc(OC)cc2)NC(=O)N(Cc2cccc(Cl)c2)C1=O. The maximum atomic E-state index is 13.1. The predicted molar refractivity (Wildman–Crippen MR) is 95.5 cm³/mol. The molecule has 0 aliphatic carbocycles. The van der Waals surface area contributed by atoms with Gasteiger partial charge in [0.1, 0.15) is 11.3 Å². The minimum absolute atomic E-state index is 0.184. The molecule has 1 atom stereocenters. The summed E-state index contributed by atoms with van der Waals surface area (Å²) in [6.45, 7) is 2.06. The summed E-state index contributed by atoms with van der Waals surface area (Å²) < 4.78 is 5.16. The fourth-order valence-electron chi connectivity index (χ4n) is 3.10. The van der Waals surface area contributed by atoms with E-state index in [1.54, 1.807) is 37.4 Å². The summed E-state index contributed by atoms with van der Waals surface area (Å²) in [5.41, 5.74) is 0.488. The first-order chi connectivity index (χ1) is 12.0. The minimum Gasteiger partial charge on any atom is -0.497 e. The second kappa shape index (κ2) is 6.76. The molecule has 6 heteroatoms. The Morgan fingerprint density at radius 3 is 2.48 bits per heavy atom. The van der Waals surface area contributed by atoms with E-state index in [1.807, 2.05) is 25.1 Å². The Hall–Kier alpha value is -2.53. The standard InChI is InChI=1S/C19H19ClN2O3/c1-3-19(14-7-9-16(25-2)10-8-14)17(23)22(18(24)21-19)12-13-5-4-6-15(20)11-13/h4-11H,3,12H2,1-2H3,(H,21,24)/t19-/m0/s1. The molecule has 5 nitrogen and oxygen atoms in total. The molecule has 2 aromatic rings. The van der Waals surface area contributed by atoms with Crippen molar-refractivity contribution in [2.45, 2.75) is 25.4 Å². The number of hydrogen-bond donors (Lipinski definition) is 1. The normalized spacial score (nSPS) is 19.9. The molecule has 3 amide bonds. The van der Waals surface area contributed by atoms with Crippen molar-refractivity contribution in [2.75, 3.05) is 7.11 Å². The average Bonchev–Trinajstić information content (AvgIpc) is 2.87. The zero-order valence-electron chi connectivity index (χ0n) is 14.1. The Balaban J connectivity index is 1.91. The van der Waals surface area contributed by atoms with Gasteiger partial charge in [0.15, 0.2) is 0 Å². The largest absolute Gasteiger partial charge is 0.497 e. The number of urea groups is 1. The topological polar surface area (TPSA) is 58.6 Å². The van der Waals surface area contributed by atoms with Crippen LogP contribution in [0.4, 0.5) is 4.79 Å². The fourth-order valence-corrected chi connectivity index (χ4v) is 3.32. The van der Waals surface area contributed by atoms with E-state index in [2.05, 4.69) is 5.32 Å². The van der Waals surface area contributed by atoms with Gasteiger partial charge in [-0.2, -0.15) is 0 Å². The van der Waals surface area contributed by atoms with Crippen LogP contribution in [-0.4, -0.2) is 23.9 Å². The van der Waals surface area contributed by atoms with Gasteiger partial charge in [0.25, 0.3) is 5.91 Å². The Labute approximate surface area is 151 Å². The van der Waals surface area contributed by atoms with Crippen LogP contribution in [0.3, 0.4) is 0 Å². The number of carbonyl (C=O) groups is 2. The van der Waals surface area contributed by atoms with E-state index >= 15 is 0 Å². The number of methoxy groups -OCH3 is 1. The van der Waals surface area contributed by atoms with Gasteiger partial charge < -0.3 is 10.1 Å². The summed E-state index contributed by atoms with van der Waals surface area (Å²) in [7, 11) is 1.58. The van der Waals surface area contributed by atoms with E-state index in [4.69, 9.17) is 16.3 Å². The molecule has 1 N–H and O–H groups in total. The van der Waals surface area contributed by atoms with E-state index in [-0.39, 0.29) is 12.5 Å². The number of hydrogen-bond acceptors (Lipinski definition) is 3. The lowest BCUT2D eigenvalue weighted by atomic mass is 9.87. The Kier molecular flexibility index (Phi) is 4.68. The first-order valence-corrected chi connectivity index (χ1v) is 8.41. The second-order valence-electron chi connectivity index (χ2n) is 5.94. The van der Waals surface area contributed by atoms with Crippen molar-refractivity contribution in [1.29, 1.82) is 0 Å². The van der Waals surface area contributed by atoms with Crippen LogP contribution >= 0.6 is 11.6 Å². The summed E-state index contributed by atoms with van der Waals surface area (Å²) in [5.74, 6) is 0.438. The van der Waals surface area contributed by atoms with Gasteiger partial charge in [-0.15, -0.1) is 0 Å². The number of nitrogens with one attached hydrogen (secondary N) is 1. The van der Waals surface area contributed by atoms with Gasteiger partial charge >= 0.3 is 6.03 Å². The summed E-state index contributed by atoms with van der Waals surface area (Å²) in [4.78, 5) is 26.8. The zero-order valence-corrected chi connectivity index (χ0v) is 14.8. The fraction of sp³-hybridized carbons (Fsp3) is 0.263. The highest BCUT2D eigenvalue weighted by Gasteiger charge is 2.51. The predicted octanol–water partition coefficient (Wildman–Crippen LogP) is 3.71. The molecule has 1 aliphatic heterocycles. The number of amides is 3. The van der Waals surface area contributed by atoms with Gasteiger partial charge in [-0.05, 0) is 41.8 Å². The number of ether oxygens (including phenoxy) is 1. The van der Waals surface area contributed by atoms with Crippen LogP contribution in [0, 0.1) is 0 Å². The summed E-state index contributed by atoms with van der Waals surface area (Å²) >= 11 is 5.99. The van der Waals surface area contributed by atoms with E-state index in [1.165, 1.54) is 4.90 Å². The molecule has 0 bridgehead atoms. The van der Waals surface area contributed by atoms with E-state index in [9.17, 15) is 9.59 Å². The van der Waals surface area contributed by atoms with Crippen LogP contribution in [0.1, 0.15) is 24.5 Å². The first kappa shape index (κ1) is 17.3. The molecule has 1 heterocycles. The van der Waals surface area contributed by atoms with Crippen LogP contribution in [-0.2, 0) is 16.9 Å². The lowest BCUT2D eigenvalue weighted by molar-refractivity contribution is -0.132. The van der Waals surface area contributed by atoms with Crippen molar-refractivity contribution in [3.8, 4) is 5.75 Å². The highest BCUT2D eigenvalue weighted by Crippen LogP contribution is 2.34. The molecule has 0 aromatic heterocycles. The smallest absolute Gasteiger partial charge is 0.325 e. The molecular weight excluding hydrogens is 340 g/mol. The second-order valence-corrected chi connectivity index (χ2v) is 6.38. The molecule has 2 aromatic carbocycles. The Bertz CT molecular complexity index is 807. The first-order valence-electron chi connectivity index (χ1n) is 8.03. The molecule has 0 saturated carbocycles. The number of rotatable bonds is 5. The van der Waals surface area contributed by atoms with Gasteiger partial charge in [-0.1, -0.05) is 42.8 Å². The summed E-state index contributed by atoms with van der Waals surface area (Å²) in [6, 6.07) is 13.9. The zero-order chi connectivity index (χ0) is 18.0. The van der Waals surface area contributed by atoms with Crippen molar-refractivity contribution >= 4 is 23.5 Å². The molecular formula is C19H19ClN2O3. The molecule has 130 valence electrons. The van der Waals surface area contributed by atoms with Crippen molar-refractivity contribution in [2.24, 2.45) is 0 Å². The summed E-state index contributed by atoms with van der Waals surface area (Å²) in [6.07, 6.45) is 0.454. The monoisotopic (exact) mass is 358 g/mol. The highest BCUT2D eigenvalue weighted by molar-refractivity contribution is 6.30. The van der Waals surface area contributed by atoms with Crippen LogP contribution < -0.4 is 10.1 Å². The van der Waals surface area contributed by atoms with Crippen LogP contribution in [0.25, 0.3) is 0 Å². The molecule has 1 fully saturated rings. The quantitative estimate of drug-likeness (QED) is 0.829. The Morgan fingerprint density at radius 1 is 1.16 bits per heavy atom. The van der Waals surface area contributed by atoms with Crippen LogP contribution in [0.15, 0.2) is 48.5 Å².